The quantitative estimate of drug-likeness (QED) is 0.777. The van der Waals surface area contributed by atoms with Crippen LogP contribution in [0.2, 0.25) is 0 Å². The summed E-state index contributed by atoms with van der Waals surface area (Å²) in [7, 11) is -2.84. The Hall–Kier alpha value is -0.0900. The molecule has 0 aromatic carbocycles. The zero-order chi connectivity index (χ0) is 11.1. The van der Waals surface area contributed by atoms with E-state index < -0.39 is 14.6 Å². The zero-order valence-electron chi connectivity index (χ0n) is 9.62. The molecule has 2 saturated heterocycles. The molecule has 0 saturated carbocycles. The van der Waals surface area contributed by atoms with E-state index in [4.69, 9.17) is 0 Å². The molecular weight excluding hydrogens is 210 g/mol. The third kappa shape index (κ3) is 1.94. The van der Waals surface area contributed by atoms with Gasteiger partial charge in [0, 0.05) is 0 Å². The molecule has 2 heterocycles. The fourth-order valence-electron chi connectivity index (χ4n) is 2.88. The number of hydrogen-bond acceptors (Lipinski definition) is 3. The minimum absolute atomic E-state index is 0.368. The molecule has 2 aliphatic rings. The molecular formula is C11H21NO2S. The summed E-state index contributed by atoms with van der Waals surface area (Å²) in [5.74, 6) is 1.46. The highest BCUT2D eigenvalue weighted by atomic mass is 32.2. The van der Waals surface area contributed by atoms with Gasteiger partial charge in [-0.1, -0.05) is 0 Å². The average Bonchev–Trinajstić information content (AvgIpc) is 2.69. The highest BCUT2D eigenvalue weighted by Crippen LogP contribution is 2.41. The lowest BCUT2D eigenvalue weighted by atomic mass is 9.84. The summed E-state index contributed by atoms with van der Waals surface area (Å²) in [6.07, 6.45) is 3.16. The van der Waals surface area contributed by atoms with Crippen molar-refractivity contribution in [2.45, 2.75) is 37.9 Å². The highest BCUT2D eigenvalue weighted by Gasteiger charge is 2.47. The van der Waals surface area contributed by atoms with Crippen molar-refractivity contribution in [3.05, 3.63) is 0 Å². The smallest absolute Gasteiger partial charge is 0.155 e. The fraction of sp³-hybridized carbons (Fsp3) is 1.00. The molecule has 0 aromatic rings. The Morgan fingerprint density at radius 3 is 2.53 bits per heavy atom. The van der Waals surface area contributed by atoms with Crippen LogP contribution in [0.25, 0.3) is 0 Å². The predicted molar refractivity (Wildman–Crippen MR) is 61.6 cm³/mol. The largest absolute Gasteiger partial charge is 0.316 e. The van der Waals surface area contributed by atoms with Crippen LogP contribution in [0.1, 0.15) is 33.1 Å². The van der Waals surface area contributed by atoms with Crippen LogP contribution in [0, 0.1) is 11.8 Å². The molecule has 3 nitrogen and oxygen atoms in total. The van der Waals surface area contributed by atoms with Gasteiger partial charge in [0.2, 0.25) is 0 Å². The summed E-state index contributed by atoms with van der Waals surface area (Å²) in [6, 6.07) is 0. The molecule has 2 fully saturated rings. The first-order valence-electron chi connectivity index (χ1n) is 5.86. The molecule has 4 heteroatoms. The topological polar surface area (TPSA) is 46.2 Å². The van der Waals surface area contributed by atoms with Gasteiger partial charge in [-0.2, -0.15) is 0 Å². The van der Waals surface area contributed by atoms with E-state index in [1.165, 1.54) is 6.42 Å². The highest BCUT2D eigenvalue weighted by molar-refractivity contribution is 7.93. The molecule has 2 unspecified atom stereocenters. The van der Waals surface area contributed by atoms with Gasteiger partial charge in [0.05, 0.1) is 10.5 Å². The zero-order valence-corrected chi connectivity index (χ0v) is 10.4. The summed E-state index contributed by atoms with van der Waals surface area (Å²) in [6.45, 7) is 5.99. The van der Waals surface area contributed by atoms with E-state index in [0.29, 0.717) is 17.6 Å². The lowest BCUT2D eigenvalue weighted by molar-refractivity contribution is 0.333. The van der Waals surface area contributed by atoms with Crippen LogP contribution in [0.3, 0.4) is 0 Å². The summed E-state index contributed by atoms with van der Waals surface area (Å²) < 4.78 is 23.2. The van der Waals surface area contributed by atoms with Crippen molar-refractivity contribution >= 4 is 9.84 Å². The van der Waals surface area contributed by atoms with Gasteiger partial charge in [-0.25, -0.2) is 8.42 Å². The Labute approximate surface area is 92.6 Å². The Kier molecular flexibility index (Phi) is 2.84. The second-order valence-corrected chi connectivity index (χ2v) is 8.19. The maximum absolute atomic E-state index is 11.9. The molecule has 1 N–H and O–H groups in total. The van der Waals surface area contributed by atoms with Crippen LogP contribution in [0.5, 0.6) is 0 Å². The molecule has 15 heavy (non-hydrogen) atoms. The van der Waals surface area contributed by atoms with Gasteiger partial charge in [-0.15, -0.1) is 0 Å². The monoisotopic (exact) mass is 231 g/mol. The van der Waals surface area contributed by atoms with E-state index in [9.17, 15) is 8.42 Å². The molecule has 0 spiro atoms. The second-order valence-electron chi connectivity index (χ2n) is 5.50. The van der Waals surface area contributed by atoms with Gasteiger partial charge >= 0.3 is 0 Å². The van der Waals surface area contributed by atoms with E-state index in [0.717, 1.165) is 25.9 Å². The van der Waals surface area contributed by atoms with Gasteiger partial charge in [0.1, 0.15) is 0 Å². The van der Waals surface area contributed by atoms with Gasteiger partial charge < -0.3 is 5.32 Å². The van der Waals surface area contributed by atoms with E-state index in [2.05, 4.69) is 5.32 Å². The number of hydrogen-bond donors (Lipinski definition) is 1. The van der Waals surface area contributed by atoms with Crippen LogP contribution in [-0.4, -0.2) is 32.0 Å². The third-order valence-electron chi connectivity index (χ3n) is 4.30. The molecule has 0 bridgehead atoms. The Bertz CT molecular complexity index is 328. The van der Waals surface area contributed by atoms with Crippen molar-refractivity contribution in [3.8, 4) is 0 Å². The van der Waals surface area contributed by atoms with E-state index in [1.54, 1.807) is 0 Å². The van der Waals surface area contributed by atoms with Crippen LogP contribution in [0.15, 0.2) is 0 Å². The summed E-state index contributed by atoms with van der Waals surface area (Å²) >= 11 is 0. The second kappa shape index (κ2) is 3.74. The van der Waals surface area contributed by atoms with Gasteiger partial charge in [0.25, 0.3) is 0 Å². The molecule has 0 amide bonds. The first-order valence-corrected chi connectivity index (χ1v) is 7.52. The number of rotatable bonds is 2. The van der Waals surface area contributed by atoms with Crippen LogP contribution < -0.4 is 5.32 Å². The fourth-order valence-corrected chi connectivity index (χ4v) is 4.72. The molecule has 0 radical (unpaired) electrons. The first-order chi connectivity index (χ1) is 6.93. The maximum atomic E-state index is 11.9. The minimum Gasteiger partial charge on any atom is -0.316 e. The molecule has 2 aliphatic heterocycles. The normalized spacial score (nSPS) is 38.3. The van der Waals surface area contributed by atoms with Crippen LogP contribution in [0.4, 0.5) is 0 Å². The SMILES string of the molecule is CC1(C)C(CC2CCNC2)CCS1(=O)=O. The molecule has 2 rings (SSSR count). The summed E-state index contributed by atoms with van der Waals surface area (Å²) in [4.78, 5) is 0. The van der Waals surface area contributed by atoms with Gasteiger partial charge in [-0.05, 0) is 58.0 Å². The first kappa shape index (κ1) is 11.4. The van der Waals surface area contributed by atoms with Crippen molar-refractivity contribution in [1.82, 2.24) is 5.32 Å². The van der Waals surface area contributed by atoms with Crippen molar-refractivity contribution in [1.29, 1.82) is 0 Å². The van der Waals surface area contributed by atoms with E-state index in [1.807, 2.05) is 13.8 Å². The number of nitrogens with one attached hydrogen (secondary N) is 1. The third-order valence-corrected chi connectivity index (χ3v) is 7.01. The average molecular weight is 231 g/mol. The lowest BCUT2D eigenvalue weighted by Gasteiger charge is -2.27. The van der Waals surface area contributed by atoms with Crippen molar-refractivity contribution < 1.29 is 8.42 Å². The lowest BCUT2D eigenvalue weighted by Crippen LogP contribution is -2.34. The Morgan fingerprint density at radius 1 is 1.33 bits per heavy atom. The van der Waals surface area contributed by atoms with Crippen molar-refractivity contribution in [3.63, 3.8) is 0 Å². The van der Waals surface area contributed by atoms with Gasteiger partial charge in [-0.3, -0.25) is 0 Å². The summed E-state index contributed by atoms with van der Waals surface area (Å²) in [5.41, 5.74) is 0. The maximum Gasteiger partial charge on any atom is 0.155 e. The number of sulfone groups is 1. The minimum atomic E-state index is -2.84. The van der Waals surface area contributed by atoms with Crippen molar-refractivity contribution in [2.24, 2.45) is 11.8 Å². The molecule has 88 valence electrons. The predicted octanol–water partition coefficient (Wildman–Crippen LogP) is 1.20. The molecule has 0 aliphatic carbocycles. The van der Waals surface area contributed by atoms with E-state index in [-0.39, 0.29) is 0 Å². The van der Waals surface area contributed by atoms with Crippen molar-refractivity contribution in [2.75, 3.05) is 18.8 Å². The standard InChI is InChI=1S/C11H21NO2S/c1-11(2)10(4-6-15(11,13)14)7-9-3-5-12-8-9/h9-10,12H,3-8H2,1-2H3. The van der Waals surface area contributed by atoms with Gasteiger partial charge in [0.15, 0.2) is 9.84 Å². The Balaban J connectivity index is 2.05. The van der Waals surface area contributed by atoms with Crippen LogP contribution >= 0.6 is 0 Å². The summed E-state index contributed by atoms with van der Waals surface area (Å²) in [5, 5.41) is 3.34. The molecule has 0 aromatic heterocycles. The van der Waals surface area contributed by atoms with E-state index >= 15 is 0 Å². The Morgan fingerprint density at radius 2 is 2.07 bits per heavy atom. The van der Waals surface area contributed by atoms with Crippen LogP contribution in [-0.2, 0) is 9.84 Å². The molecule has 2 atom stereocenters.